The highest BCUT2D eigenvalue weighted by molar-refractivity contribution is 5.95. The number of aryl methyl sites for hydroxylation is 3. The summed E-state index contributed by atoms with van der Waals surface area (Å²) in [5.41, 5.74) is 2.65. The molecule has 8 nitrogen and oxygen atoms in total. The van der Waals surface area contributed by atoms with Crippen LogP contribution in [0.25, 0.3) is 0 Å². The third-order valence-electron chi connectivity index (χ3n) is 6.12. The molecule has 0 aliphatic carbocycles. The second-order valence-corrected chi connectivity index (χ2v) is 8.24. The molecule has 1 aromatic heterocycles. The van der Waals surface area contributed by atoms with E-state index in [0.29, 0.717) is 44.0 Å². The number of nitrogens with zero attached hydrogens (tertiary/aromatic N) is 4. The molecule has 0 bridgehead atoms. The zero-order valence-electron chi connectivity index (χ0n) is 18.4. The van der Waals surface area contributed by atoms with Gasteiger partial charge >= 0.3 is 6.03 Å². The third-order valence-corrected chi connectivity index (χ3v) is 6.12. The Morgan fingerprint density at radius 1 is 1.10 bits per heavy atom. The highest BCUT2D eigenvalue weighted by Gasteiger charge is 2.25. The number of carbonyl (C=O) groups is 2. The Labute approximate surface area is 183 Å². The van der Waals surface area contributed by atoms with Crippen LogP contribution < -0.4 is 10.1 Å². The maximum absolute atomic E-state index is 12.8. The maximum atomic E-state index is 12.8. The number of imidazole rings is 1. The minimum Gasteiger partial charge on any atom is -0.496 e. The first-order valence-corrected chi connectivity index (χ1v) is 11.1. The molecule has 0 spiro atoms. The van der Waals surface area contributed by atoms with Crippen LogP contribution in [0.3, 0.4) is 0 Å². The van der Waals surface area contributed by atoms with E-state index >= 15 is 0 Å². The van der Waals surface area contributed by atoms with Gasteiger partial charge in [0.2, 0.25) is 0 Å². The quantitative estimate of drug-likeness (QED) is 0.797. The molecule has 1 fully saturated rings. The van der Waals surface area contributed by atoms with Gasteiger partial charge in [-0.1, -0.05) is 6.07 Å². The van der Waals surface area contributed by atoms with Crippen molar-refractivity contribution in [3.8, 4) is 5.75 Å². The maximum Gasteiger partial charge on any atom is 0.317 e. The number of hydrogen-bond acceptors (Lipinski definition) is 4. The molecule has 0 atom stereocenters. The van der Waals surface area contributed by atoms with Gasteiger partial charge in [-0.15, -0.1) is 0 Å². The van der Waals surface area contributed by atoms with Gasteiger partial charge in [-0.2, -0.15) is 0 Å². The first kappa shape index (κ1) is 21.2. The predicted molar refractivity (Wildman–Crippen MR) is 117 cm³/mol. The minimum absolute atomic E-state index is 0.0258. The number of carbonyl (C=O) groups excluding carboxylic acids is 2. The van der Waals surface area contributed by atoms with Crippen molar-refractivity contribution in [1.29, 1.82) is 0 Å². The second-order valence-electron chi connectivity index (χ2n) is 8.24. The lowest BCUT2D eigenvalue weighted by molar-refractivity contribution is 0.0665. The SMILES string of the molecule is COc1cc(C(=O)N2CCN(C(=O)NCCc3cn4c(n3)CCCC4)CC2)ccc1C. The van der Waals surface area contributed by atoms with E-state index in [2.05, 4.69) is 21.1 Å². The van der Waals surface area contributed by atoms with Crippen molar-refractivity contribution in [3.63, 3.8) is 0 Å². The van der Waals surface area contributed by atoms with Gasteiger partial charge < -0.3 is 24.4 Å². The monoisotopic (exact) mass is 425 g/mol. The van der Waals surface area contributed by atoms with Crippen LogP contribution in [-0.2, 0) is 19.4 Å². The molecule has 1 aromatic carbocycles. The summed E-state index contributed by atoms with van der Waals surface area (Å²) in [5, 5.41) is 3.00. The van der Waals surface area contributed by atoms with E-state index in [1.807, 2.05) is 19.1 Å². The van der Waals surface area contributed by atoms with E-state index in [4.69, 9.17) is 4.74 Å². The minimum atomic E-state index is -0.0759. The average molecular weight is 426 g/mol. The zero-order valence-corrected chi connectivity index (χ0v) is 18.4. The normalized spacial score (nSPS) is 16.1. The summed E-state index contributed by atoms with van der Waals surface area (Å²) >= 11 is 0. The molecule has 4 rings (SSSR count). The Balaban J connectivity index is 1.23. The molecule has 3 heterocycles. The molecule has 3 amide bonds. The lowest BCUT2D eigenvalue weighted by Crippen LogP contribution is -2.53. The molecule has 1 N–H and O–H groups in total. The summed E-state index contributed by atoms with van der Waals surface area (Å²) in [4.78, 5) is 33.6. The number of urea groups is 1. The number of piperazine rings is 1. The van der Waals surface area contributed by atoms with Crippen LogP contribution in [0.15, 0.2) is 24.4 Å². The first-order chi connectivity index (χ1) is 15.0. The zero-order chi connectivity index (χ0) is 21.8. The van der Waals surface area contributed by atoms with Gasteiger partial charge in [0, 0.05) is 63.9 Å². The number of ether oxygens (including phenoxy) is 1. The van der Waals surface area contributed by atoms with Crippen LogP contribution in [0.4, 0.5) is 4.79 Å². The summed E-state index contributed by atoms with van der Waals surface area (Å²) in [5.74, 6) is 1.85. The smallest absolute Gasteiger partial charge is 0.317 e. The van der Waals surface area contributed by atoms with E-state index in [9.17, 15) is 9.59 Å². The fourth-order valence-corrected chi connectivity index (χ4v) is 4.25. The van der Waals surface area contributed by atoms with E-state index in [0.717, 1.165) is 30.6 Å². The molecule has 8 heteroatoms. The molecule has 0 radical (unpaired) electrons. The highest BCUT2D eigenvalue weighted by Crippen LogP contribution is 2.20. The number of aromatic nitrogens is 2. The van der Waals surface area contributed by atoms with E-state index in [1.165, 1.54) is 18.7 Å². The number of nitrogens with one attached hydrogen (secondary N) is 1. The van der Waals surface area contributed by atoms with Gasteiger partial charge in [0.05, 0.1) is 12.8 Å². The van der Waals surface area contributed by atoms with Gasteiger partial charge in [0.1, 0.15) is 11.6 Å². The highest BCUT2D eigenvalue weighted by atomic mass is 16.5. The Hall–Kier alpha value is -3.03. The number of benzene rings is 1. The summed E-state index contributed by atoms with van der Waals surface area (Å²) in [6, 6.07) is 5.43. The van der Waals surface area contributed by atoms with Crippen molar-refractivity contribution in [2.45, 2.75) is 39.2 Å². The number of fused-ring (bicyclic) bond motifs is 1. The van der Waals surface area contributed by atoms with Crippen molar-refractivity contribution in [2.75, 3.05) is 39.8 Å². The van der Waals surface area contributed by atoms with Crippen molar-refractivity contribution in [3.05, 3.63) is 47.0 Å². The summed E-state index contributed by atoms with van der Waals surface area (Å²) < 4.78 is 7.56. The number of rotatable bonds is 5. The molecule has 2 aliphatic rings. The van der Waals surface area contributed by atoms with Crippen LogP contribution in [0.5, 0.6) is 5.75 Å². The lowest BCUT2D eigenvalue weighted by Gasteiger charge is -2.34. The molecular weight excluding hydrogens is 394 g/mol. The van der Waals surface area contributed by atoms with Crippen molar-refractivity contribution in [1.82, 2.24) is 24.7 Å². The largest absolute Gasteiger partial charge is 0.496 e. The average Bonchev–Trinajstić information content (AvgIpc) is 3.22. The summed E-state index contributed by atoms with van der Waals surface area (Å²) in [7, 11) is 1.61. The van der Waals surface area contributed by atoms with E-state index < -0.39 is 0 Å². The summed E-state index contributed by atoms with van der Waals surface area (Å²) in [6.07, 6.45) is 6.32. The third kappa shape index (κ3) is 4.84. The summed E-state index contributed by atoms with van der Waals surface area (Å²) in [6.45, 7) is 5.67. The lowest BCUT2D eigenvalue weighted by atomic mass is 10.1. The van der Waals surface area contributed by atoms with Crippen molar-refractivity contribution < 1.29 is 14.3 Å². The molecule has 2 aromatic rings. The molecular formula is C23H31N5O3. The standard InChI is InChI=1S/C23H31N5O3/c1-17-6-7-18(15-20(17)31-2)22(29)26-11-13-27(14-12-26)23(30)24-9-8-19-16-28-10-4-3-5-21(28)25-19/h6-7,15-16H,3-5,8-14H2,1-2H3,(H,24,30). The first-order valence-electron chi connectivity index (χ1n) is 11.1. The Morgan fingerprint density at radius 3 is 2.61 bits per heavy atom. The van der Waals surface area contributed by atoms with Gasteiger partial charge in [-0.25, -0.2) is 9.78 Å². The van der Waals surface area contributed by atoms with Gasteiger partial charge in [0.15, 0.2) is 0 Å². The molecule has 0 saturated carbocycles. The molecule has 1 saturated heterocycles. The molecule has 2 aliphatic heterocycles. The van der Waals surface area contributed by atoms with Gasteiger partial charge in [0.25, 0.3) is 5.91 Å². The van der Waals surface area contributed by atoms with E-state index in [1.54, 1.807) is 23.0 Å². The fourth-order valence-electron chi connectivity index (χ4n) is 4.25. The van der Waals surface area contributed by atoms with Gasteiger partial charge in [-0.3, -0.25) is 4.79 Å². The molecule has 166 valence electrons. The van der Waals surface area contributed by atoms with Crippen LogP contribution in [0, 0.1) is 6.92 Å². The van der Waals surface area contributed by atoms with Gasteiger partial charge in [-0.05, 0) is 37.5 Å². The number of methoxy groups -OCH3 is 1. The fraction of sp³-hybridized carbons (Fsp3) is 0.522. The van der Waals surface area contributed by atoms with Crippen molar-refractivity contribution in [2.24, 2.45) is 0 Å². The van der Waals surface area contributed by atoms with Crippen LogP contribution in [-0.4, -0.2) is 71.1 Å². The number of amides is 3. The molecule has 0 unspecified atom stereocenters. The Kier molecular flexibility index (Phi) is 6.44. The number of hydrogen-bond donors (Lipinski definition) is 1. The van der Waals surface area contributed by atoms with E-state index in [-0.39, 0.29) is 11.9 Å². The molecule has 31 heavy (non-hydrogen) atoms. The van der Waals surface area contributed by atoms with Crippen LogP contribution in [0.1, 0.15) is 40.3 Å². The predicted octanol–water partition coefficient (Wildman–Crippen LogP) is 2.25. The Bertz CT molecular complexity index is 923. The van der Waals surface area contributed by atoms with Crippen LogP contribution >= 0.6 is 0 Å². The van der Waals surface area contributed by atoms with Crippen LogP contribution in [0.2, 0.25) is 0 Å². The second kappa shape index (κ2) is 9.41. The van der Waals surface area contributed by atoms with Crippen molar-refractivity contribution >= 4 is 11.9 Å². The topological polar surface area (TPSA) is 79.7 Å². The Morgan fingerprint density at radius 2 is 1.87 bits per heavy atom.